The fourth-order valence-electron chi connectivity index (χ4n) is 6.51. The standard InChI is InChI=1S/C44H69N15O9/c1-25(2)20-32(37(45)63)59-41(67)31(13-9-19-52-44(48)49)58-40(66)30(12-8-18-51-43(46)47)57-38(64)26(3)55-42(68)34(22-27-10-6-5-7-11-27)56-36(62)24-53-35(61)23-54-39(65)33(50-4)21-28-14-16-29(60)17-15-28/h5-7,10-11,14-17,25-26,30-34,50,60H,8-9,12-13,18-24H2,1-4H3,(H2,45,63)(H,53,61)(H,54,65)(H,55,68)(H,56,62)(H,57,64)(H,58,66)(H,59,67)(H4,46,47,51)(H4,48,49,52)/t26-,30+,31+,32+,33+,34-/m1/s1. The molecular formula is C44H69N15O9. The summed E-state index contributed by atoms with van der Waals surface area (Å²) in [5.74, 6) is -6.05. The van der Waals surface area contributed by atoms with Gasteiger partial charge in [-0.15, -0.1) is 0 Å². The van der Waals surface area contributed by atoms with Crippen molar-refractivity contribution in [2.24, 2.45) is 44.6 Å². The minimum absolute atomic E-state index is 0.0119. The monoisotopic (exact) mass is 952 g/mol. The number of amides is 8. The topological polar surface area (TPSA) is 408 Å². The quantitative estimate of drug-likeness (QED) is 0.0202. The van der Waals surface area contributed by atoms with Crippen molar-refractivity contribution in [2.75, 3.05) is 33.2 Å². The van der Waals surface area contributed by atoms with Crippen molar-refractivity contribution >= 4 is 59.2 Å². The molecule has 0 fully saturated rings. The molecule has 24 nitrogen and oxygen atoms in total. The lowest BCUT2D eigenvalue weighted by atomic mass is 10.0. The molecule has 374 valence electrons. The lowest BCUT2D eigenvalue weighted by molar-refractivity contribution is -0.135. The van der Waals surface area contributed by atoms with E-state index in [1.165, 1.54) is 19.1 Å². The van der Waals surface area contributed by atoms with Crippen LogP contribution in [0.4, 0.5) is 0 Å². The molecule has 0 aliphatic rings. The van der Waals surface area contributed by atoms with Crippen molar-refractivity contribution in [1.82, 2.24) is 42.5 Å². The molecule has 2 rings (SSSR count). The number of aromatic hydroxyl groups is 1. The SMILES string of the molecule is CN[C@@H](Cc1ccc(O)cc1)C(=O)NCC(=O)NCC(=O)N[C@H](Cc1ccccc1)C(=O)N[C@H](C)C(=O)N[C@@H](CCCN=C(N)N)C(=O)N[C@@H](CCCN=C(N)N)C(=O)N[C@@H](CC(C)C)C(N)=O. The van der Waals surface area contributed by atoms with E-state index in [9.17, 15) is 43.5 Å². The number of hydrogen-bond donors (Lipinski definition) is 14. The van der Waals surface area contributed by atoms with Gasteiger partial charge in [-0.1, -0.05) is 56.3 Å². The molecule has 2 aromatic carbocycles. The molecule has 19 N–H and O–H groups in total. The van der Waals surface area contributed by atoms with E-state index in [1.54, 1.807) is 49.5 Å². The highest BCUT2D eigenvalue weighted by Gasteiger charge is 2.31. The van der Waals surface area contributed by atoms with E-state index in [0.717, 1.165) is 5.56 Å². The molecule has 68 heavy (non-hydrogen) atoms. The van der Waals surface area contributed by atoms with Gasteiger partial charge in [0, 0.05) is 19.5 Å². The number of carbonyl (C=O) groups excluding carboxylic acids is 8. The van der Waals surface area contributed by atoms with Crippen LogP contribution in [0.1, 0.15) is 64.0 Å². The maximum Gasteiger partial charge on any atom is 0.243 e. The number of phenolic OH excluding ortho intramolecular Hbond substituents is 1. The van der Waals surface area contributed by atoms with Crippen LogP contribution in [0, 0.1) is 5.92 Å². The molecule has 0 saturated heterocycles. The number of rotatable bonds is 30. The molecule has 8 amide bonds. The number of nitrogens with two attached hydrogens (primary N) is 5. The van der Waals surface area contributed by atoms with Gasteiger partial charge in [0.05, 0.1) is 19.1 Å². The van der Waals surface area contributed by atoms with Gasteiger partial charge < -0.3 is 76.3 Å². The predicted octanol–water partition coefficient (Wildman–Crippen LogP) is -3.92. The molecule has 0 unspecified atom stereocenters. The fraction of sp³-hybridized carbons (Fsp3) is 0.500. The molecule has 0 heterocycles. The van der Waals surface area contributed by atoms with E-state index in [-0.39, 0.29) is 81.6 Å². The van der Waals surface area contributed by atoms with Crippen molar-refractivity contribution in [3.05, 3.63) is 65.7 Å². The number of benzene rings is 2. The number of nitrogens with zero attached hydrogens (tertiary/aromatic N) is 2. The van der Waals surface area contributed by atoms with Crippen molar-refractivity contribution in [2.45, 2.75) is 102 Å². The molecule has 0 aromatic heterocycles. The number of guanidine groups is 2. The number of carbonyl (C=O) groups is 8. The van der Waals surface area contributed by atoms with E-state index in [0.29, 0.717) is 5.56 Å². The third-order valence-electron chi connectivity index (χ3n) is 10.1. The first kappa shape index (κ1) is 56.6. The summed E-state index contributed by atoms with van der Waals surface area (Å²) in [4.78, 5) is 113. The minimum atomic E-state index is -1.29. The van der Waals surface area contributed by atoms with Crippen LogP contribution < -0.4 is 71.2 Å². The average molecular weight is 952 g/mol. The summed E-state index contributed by atoms with van der Waals surface area (Å²) >= 11 is 0. The molecule has 0 spiro atoms. The second-order valence-electron chi connectivity index (χ2n) is 16.4. The molecule has 24 heteroatoms. The molecule has 0 bridgehead atoms. The Bertz CT molecular complexity index is 2040. The first-order chi connectivity index (χ1) is 32.2. The van der Waals surface area contributed by atoms with Gasteiger partial charge in [0.1, 0.15) is 36.0 Å². The van der Waals surface area contributed by atoms with E-state index in [4.69, 9.17) is 28.7 Å². The molecule has 0 saturated carbocycles. The van der Waals surface area contributed by atoms with Crippen LogP contribution in [-0.4, -0.2) is 134 Å². The maximum absolute atomic E-state index is 13.9. The fourth-order valence-corrected chi connectivity index (χ4v) is 6.51. The summed E-state index contributed by atoms with van der Waals surface area (Å²) in [6, 6.07) is 8.24. The Hall–Kier alpha value is -7.50. The lowest BCUT2D eigenvalue weighted by Crippen LogP contribution is -2.59. The van der Waals surface area contributed by atoms with Gasteiger partial charge in [-0.05, 0) is 81.7 Å². The molecule has 0 radical (unpaired) electrons. The largest absolute Gasteiger partial charge is 0.508 e. The van der Waals surface area contributed by atoms with Gasteiger partial charge >= 0.3 is 0 Å². The number of primary amides is 1. The zero-order chi connectivity index (χ0) is 50.8. The highest BCUT2D eigenvalue weighted by molar-refractivity contribution is 5.97. The summed E-state index contributed by atoms with van der Waals surface area (Å²) < 4.78 is 0. The zero-order valence-corrected chi connectivity index (χ0v) is 39.0. The van der Waals surface area contributed by atoms with Crippen LogP contribution >= 0.6 is 0 Å². The van der Waals surface area contributed by atoms with Gasteiger partial charge in [0.2, 0.25) is 47.3 Å². The zero-order valence-electron chi connectivity index (χ0n) is 39.0. The number of likely N-dealkylation sites (N-methyl/N-ethyl adjacent to an activating group) is 1. The van der Waals surface area contributed by atoms with Gasteiger partial charge in [-0.2, -0.15) is 0 Å². The van der Waals surface area contributed by atoms with Crippen LogP contribution in [0.2, 0.25) is 0 Å². The summed E-state index contributed by atoms with van der Waals surface area (Å²) in [5, 5.41) is 30.3. The first-order valence-electron chi connectivity index (χ1n) is 22.1. The number of phenols is 1. The Balaban J connectivity index is 2.18. The Kier molecular flexibility index (Phi) is 24.9. The van der Waals surface area contributed by atoms with E-state index >= 15 is 0 Å². The van der Waals surface area contributed by atoms with E-state index in [2.05, 4.69) is 52.5 Å². The third kappa shape index (κ3) is 22.6. The number of aliphatic imine (C=N–C) groups is 2. The van der Waals surface area contributed by atoms with Crippen molar-refractivity contribution in [3.63, 3.8) is 0 Å². The van der Waals surface area contributed by atoms with Crippen LogP contribution in [0.3, 0.4) is 0 Å². The van der Waals surface area contributed by atoms with Gasteiger partial charge in [0.25, 0.3) is 0 Å². The second-order valence-corrected chi connectivity index (χ2v) is 16.4. The Labute approximate surface area is 395 Å². The Morgan fingerprint density at radius 2 is 1.03 bits per heavy atom. The van der Waals surface area contributed by atoms with E-state index < -0.39 is 96.6 Å². The van der Waals surface area contributed by atoms with Crippen LogP contribution in [0.5, 0.6) is 5.75 Å². The van der Waals surface area contributed by atoms with Gasteiger partial charge in [-0.3, -0.25) is 48.3 Å². The van der Waals surface area contributed by atoms with Gasteiger partial charge in [-0.25, -0.2) is 0 Å². The third-order valence-corrected chi connectivity index (χ3v) is 10.1. The maximum atomic E-state index is 13.9. The van der Waals surface area contributed by atoms with Crippen LogP contribution in [-0.2, 0) is 51.2 Å². The van der Waals surface area contributed by atoms with Crippen molar-refractivity contribution < 1.29 is 43.5 Å². The molecule has 2 aromatic rings. The first-order valence-corrected chi connectivity index (χ1v) is 22.1. The van der Waals surface area contributed by atoms with E-state index in [1.807, 2.05) is 13.8 Å². The lowest BCUT2D eigenvalue weighted by Gasteiger charge is -2.26. The predicted molar refractivity (Wildman–Crippen MR) is 255 cm³/mol. The highest BCUT2D eigenvalue weighted by Crippen LogP contribution is 2.12. The molecule has 0 aliphatic carbocycles. The minimum Gasteiger partial charge on any atom is -0.508 e. The molecule has 0 aliphatic heterocycles. The average Bonchev–Trinajstić information content (AvgIpc) is 3.28. The molecule has 6 atom stereocenters. The summed E-state index contributed by atoms with van der Waals surface area (Å²) in [6.07, 6.45) is 0.933. The Morgan fingerprint density at radius 1 is 0.544 bits per heavy atom. The van der Waals surface area contributed by atoms with Crippen molar-refractivity contribution in [1.29, 1.82) is 0 Å². The normalized spacial score (nSPS) is 13.4. The number of nitrogens with one attached hydrogen (secondary N) is 8. The molecular weight excluding hydrogens is 883 g/mol. The summed E-state index contributed by atoms with van der Waals surface area (Å²) in [6.45, 7) is 4.24. The van der Waals surface area contributed by atoms with Crippen LogP contribution in [0.25, 0.3) is 0 Å². The smallest absolute Gasteiger partial charge is 0.243 e. The highest BCUT2D eigenvalue weighted by atomic mass is 16.3. The summed E-state index contributed by atoms with van der Waals surface area (Å²) in [7, 11) is 1.58. The van der Waals surface area contributed by atoms with Crippen molar-refractivity contribution in [3.8, 4) is 5.75 Å². The Morgan fingerprint density at radius 3 is 1.54 bits per heavy atom. The van der Waals surface area contributed by atoms with Gasteiger partial charge in [0.15, 0.2) is 11.9 Å². The second kappa shape index (κ2) is 29.9. The summed E-state index contributed by atoms with van der Waals surface area (Å²) in [5.41, 5.74) is 28.8. The number of hydrogen-bond acceptors (Lipinski definition) is 12. The van der Waals surface area contributed by atoms with Crippen LogP contribution in [0.15, 0.2) is 64.6 Å².